The monoisotopic (exact) mass is 483 g/mol. The van der Waals surface area contributed by atoms with Gasteiger partial charge in [0.2, 0.25) is 0 Å². The van der Waals surface area contributed by atoms with Gasteiger partial charge in [-0.25, -0.2) is 0 Å². The van der Waals surface area contributed by atoms with Crippen LogP contribution < -0.4 is 21.2 Å². The van der Waals surface area contributed by atoms with Gasteiger partial charge in [-0.15, -0.1) is 0 Å². The second kappa shape index (κ2) is 10.6. The predicted octanol–water partition coefficient (Wildman–Crippen LogP) is 4.69. The lowest BCUT2D eigenvalue weighted by Gasteiger charge is -2.35. The Bertz CT molecular complexity index is 1040. The maximum Gasteiger partial charge on any atom is 0.321 e. The molecule has 0 aliphatic carbocycles. The van der Waals surface area contributed by atoms with E-state index >= 15 is 0 Å². The van der Waals surface area contributed by atoms with Crippen LogP contribution in [-0.2, 0) is 4.79 Å². The first kappa shape index (κ1) is 22.9. The van der Waals surface area contributed by atoms with E-state index in [0.717, 1.165) is 13.0 Å². The predicted molar refractivity (Wildman–Crippen MR) is 145 cm³/mol. The summed E-state index contributed by atoms with van der Waals surface area (Å²) in [5.74, 6) is -0.721. The Morgan fingerprint density at radius 2 is 1.03 bits per heavy atom. The molecule has 4 aromatic carbocycles. The molecule has 5 rings (SSSR count). The van der Waals surface area contributed by atoms with E-state index < -0.39 is 28.0 Å². The Morgan fingerprint density at radius 3 is 1.41 bits per heavy atom. The number of nitrogens with zero attached hydrogens (tertiary/aromatic N) is 1. The standard InChI is InChI=1S/C29H27NO2P2/c31-29(32)28-27(33(23-13-5-1-6-14-23)24-15-7-2-8-16-24)21-22-30(28)34(25-17-9-3-10-18-25)26-19-11-4-12-20-26/h1-20,27-28H,21-22H2,(H,31,32)/t27?,28-/m0/s1. The van der Waals surface area contributed by atoms with Crippen molar-refractivity contribution in [3.63, 3.8) is 0 Å². The summed E-state index contributed by atoms with van der Waals surface area (Å²) in [6.07, 6.45) is 0.866. The van der Waals surface area contributed by atoms with Gasteiger partial charge >= 0.3 is 5.97 Å². The molecule has 1 unspecified atom stereocenters. The maximum absolute atomic E-state index is 12.9. The third-order valence-corrected chi connectivity index (χ3v) is 11.7. The summed E-state index contributed by atoms with van der Waals surface area (Å²) in [5.41, 5.74) is 0.0368. The topological polar surface area (TPSA) is 40.5 Å². The molecule has 0 aromatic heterocycles. The number of carboxylic acid groups (broad SMARTS) is 1. The molecule has 1 N–H and O–H groups in total. The highest BCUT2D eigenvalue weighted by Gasteiger charge is 2.47. The zero-order valence-corrected chi connectivity index (χ0v) is 20.6. The van der Waals surface area contributed by atoms with Crippen molar-refractivity contribution in [2.75, 3.05) is 6.54 Å². The SMILES string of the molecule is O=C(O)[C@@H]1C(P(c2ccccc2)c2ccccc2)CCN1P(c1ccccc1)c1ccccc1. The van der Waals surface area contributed by atoms with Crippen molar-refractivity contribution in [2.45, 2.75) is 18.1 Å². The fourth-order valence-electron chi connectivity index (χ4n) is 4.84. The Hall–Kier alpha value is -2.83. The molecule has 1 saturated heterocycles. The minimum atomic E-state index is -0.950. The number of rotatable bonds is 7. The number of hydrogen-bond acceptors (Lipinski definition) is 2. The van der Waals surface area contributed by atoms with Gasteiger partial charge in [0.15, 0.2) is 0 Å². The number of aliphatic carboxylic acids is 1. The minimum absolute atomic E-state index is 0.0368. The molecule has 1 aliphatic heterocycles. The maximum atomic E-state index is 12.9. The van der Waals surface area contributed by atoms with Crippen molar-refractivity contribution >= 4 is 43.2 Å². The summed E-state index contributed by atoms with van der Waals surface area (Å²) in [4.78, 5) is 12.9. The van der Waals surface area contributed by atoms with E-state index in [4.69, 9.17) is 0 Å². The van der Waals surface area contributed by atoms with Crippen molar-refractivity contribution in [2.24, 2.45) is 0 Å². The highest BCUT2D eigenvalue weighted by molar-refractivity contribution is 7.74. The van der Waals surface area contributed by atoms with Crippen molar-refractivity contribution in [1.29, 1.82) is 0 Å². The van der Waals surface area contributed by atoms with Crippen molar-refractivity contribution < 1.29 is 9.90 Å². The third kappa shape index (κ3) is 4.70. The van der Waals surface area contributed by atoms with E-state index in [1.165, 1.54) is 21.2 Å². The molecule has 0 bridgehead atoms. The van der Waals surface area contributed by atoms with Crippen molar-refractivity contribution in [1.82, 2.24) is 4.67 Å². The zero-order valence-electron chi connectivity index (χ0n) is 18.8. The molecule has 34 heavy (non-hydrogen) atoms. The molecule has 170 valence electrons. The lowest BCUT2D eigenvalue weighted by atomic mass is 10.2. The number of benzene rings is 4. The average Bonchev–Trinajstić information content (AvgIpc) is 3.31. The van der Waals surface area contributed by atoms with Gasteiger partial charge in [0.1, 0.15) is 6.04 Å². The van der Waals surface area contributed by atoms with E-state index in [0.29, 0.717) is 0 Å². The fourth-order valence-corrected chi connectivity index (χ4v) is 10.6. The van der Waals surface area contributed by atoms with Crippen LogP contribution in [0.5, 0.6) is 0 Å². The summed E-state index contributed by atoms with van der Waals surface area (Å²) >= 11 is 0. The average molecular weight is 483 g/mol. The minimum Gasteiger partial charge on any atom is -0.480 e. The van der Waals surface area contributed by atoms with Gasteiger partial charge < -0.3 is 5.11 Å². The lowest BCUT2D eigenvalue weighted by molar-refractivity contribution is -0.140. The molecule has 3 nitrogen and oxygen atoms in total. The summed E-state index contributed by atoms with van der Waals surface area (Å²) in [7, 11) is -1.78. The van der Waals surface area contributed by atoms with E-state index in [1.807, 2.05) is 24.3 Å². The molecule has 0 amide bonds. The van der Waals surface area contributed by atoms with Crippen LogP contribution in [0.4, 0.5) is 0 Å². The van der Waals surface area contributed by atoms with Gasteiger partial charge in [-0.2, -0.15) is 0 Å². The van der Waals surface area contributed by atoms with E-state index in [9.17, 15) is 9.90 Å². The van der Waals surface area contributed by atoms with Crippen LogP contribution >= 0.6 is 16.0 Å². The van der Waals surface area contributed by atoms with Gasteiger partial charge in [-0.3, -0.25) is 9.46 Å². The van der Waals surface area contributed by atoms with Gasteiger partial charge in [-0.1, -0.05) is 121 Å². The number of carboxylic acids is 1. The Morgan fingerprint density at radius 1 is 0.647 bits per heavy atom. The molecule has 4 aromatic rings. The van der Waals surface area contributed by atoms with Crippen LogP contribution in [0.25, 0.3) is 0 Å². The number of hydrogen-bond donors (Lipinski definition) is 1. The van der Waals surface area contributed by atoms with E-state index in [2.05, 4.69) is 102 Å². The smallest absolute Gasteiger partial charge is 0.321 e. The zero-order chi connectivity index (χ0) is 23.3. The van der Waals surface area contributed by atoms with E-state index in [-0.39, 0.29) is 5.66 Å². The Balaban J connectivity index is 1.60. The largest absolute Gasteiger partial charge is 0.480 e. The summed E-state index contributed by atoms with van der Waals surface area (Å²) in [6.45, 7) is 0.773. The highest BCUT2D eigenvalue weighted by atomic mass is 31.1. The molecule has 1 heterocycles. The van der Waals surface area contributed by atoms with Crippen LogP contribution in [-0.4, -0.2) is 34.0 Å². The van der Waals surface area contributed by atoms with Gasteiger partial charge in [-0.05, 0) is 35.6 Å². The van der Waals surface area contributed by atoms with Crippen LogP contribution in [0.2, 0.25) is 0 Å². The van der Waals surface area contributed by atoms with E-state index in [1.54, 1.807) is 0 Å². The molecule has 0 saturated carbocycles. The fraction of sp³-hybridized carbons (Fsp3) is 0.138. The van der Waals surface area contributed by atoms with Crippen LogP contribution in [0, 0.1) is 0 Å². The molecule has 1 fully saturated rings. The molecular weight excluding hydrogens is 456 g/mol. The lowest BCUT2D eigenvalue weighted by Crippen LogP contribution is -2.43. The Labute approximate surface area is 203 Å². The Kier molecular flexibility index (Phi) is 7.16. The highest BCUT2D eigenvalue weighted by Crippen LogP contribution is 2.53. The summed E-state index contributed by atoms with van der Waals surface area (Å²) < 4.78 is 2.29. The van der Waals surface area contributed by atoms with Crippen molar-refractivity contribution in [3.05, 3.63) is 121 Å². The van der Waals surface area contributed by atoms with Gasteiger partial charge in [0.25, 0.3) is 0 Å². The molecule has 1 aliphatic rings. The second-order valence-corrected chi connectivity index (χ2v) is 12.9. The quantitative estimate of drug-likeness (QED) is 0.388. The summed E-state index contributed by atoms with van der Waals surface area (Å²) in [6, 6.07) is 41.3. The van der Waals surface area contributed by atoms with Gasteiger partial charge in [0, 0.05) is 20.3 Å². The molecule has 5 heteroatoms. The van der Waals surface area contributed by atoms with Crippen LogP contribution in [0.3, 0.4) is 0 Å². The third-order valence-electron chi connectivity index (χ3n) is 6.25. The van der Waals surface area contributed by atoms with Crippen LogP contribution in [0.15, 0.2) is 121 Å². The normalized spacial score (nSPS) is 18.4. The number of carbonyl (C=O) groups is 1. The molecule has 0 radical (unpaired) electrons. The second-order valence-electron chi connectivity index (χ2n) is 8.33. The first-order chi connectivity index (χ1) is 16.7. The first-order valence-electron chi connectivity index (χ1n) is 11.5. The summed E-state index contributed by atoms with van der Waals surface area (Å²) in [5, 5.41) is 15.5. The van der Waals surface area contributed by atoms with Crippen LogP contribution in [0.1, 0.15) is 6.42 Å². The molecule has 2 atom stereocenters. The molecular formula is C29H27NO2P2. The van der Waals surface area contributed by atoms with Gasteiger partial charge in [0.05, 0.1) is 0 Å². The molecule has 0 spiro atoms. The van der Waals surface area contributed by atoms with Crippen molar-refractivity contribution in [3.8, 4) is 0 Å². The first-order valence-corrected chi connectivity index (χ1v) is 14.2.